The van der Waals surface area contributed by atoms with Gasteiger partial charge in [0.25, 0.3) is 5.91 Å². The fourth-order valence-electron chi connectivity index (χ4n) is 4.11. The van der Waals surface area contributed by atoms with Crippen LogP contribution in [0.4, 0.5) is 23.2 Å². The third-order valence-corrected chi connectivity index (χ3v) is 5.89. The summed E-state index contributed by atoms with van der Waals surface area (Å²) in [6.07, 6.45) is 0.234. The van der Waals surface area contributed by atoms with Crippen molar-refractivity contribution < 1.29 is 32.2 Å². The number of nitrogens with one attached hydrogen (secondary N) is 1. The molecule has 0 atom stereocenters. The molecule has 0 radical (unpaired) electrons. The molecule has 1 fully saturated rings. The van der Waals surface area contributed by atoms with Gasteiger partial charge < -0.3 is 15.2 Å². The van der Waals surface area contributed by atoms with Gasteiger partial charge in [0.15, 0.2) is 11.6 Å². The predicted octanol–water partition coefficient (Wildman–Crippen LogP) is 4.57. The number of carbonyl (C=O) groups excluding carboxylic acids is 1. The summed E-state index contributed by atoms with van der Waals surface area (Å²) in [6, 6.07) is 4.48. The molecule has 1 aliphatic carbocycles. The summed E-state index contributed by atoms with van der Waals surface area (Å²) in [5.74, 6) is -1.75. The fourth-order valence-corrected chi connectivity index (χ4v) is 4.11. The first-order valence-electron chi connectivity index (χ1n) is 10.4. The van der Waals surface area contributed by atoms with Gasteiger partial charge in [-0.15, -0.1) is 0 Å². The molecule has 1 aliphatic rings. The zero-order valence-corrected chi connectivity index (χ0v) is 17.7. The molecule has 11 heteroatoms. The highest BCUT2D eigenvalue weighted by atomic mass is 19.4. The van der Waals surface area contributed by atoms with Crippen molar-refractivity contribution in [2.75, 3.05) is 19.0 Å². The number of rotatable bonds is 5. The number of amides is 1. The number of ether oxygens (including phenoxy) is 1. The lowest BCUT2D eigenvalue weighted by Crippen LogP contribution is -2.20. The van der Waals surface area contributed by atoms with E-state index in [4.69, 9.17) is 4.74 Å². The van der Waals surface area contributed by atoms with Crippen molar-refractivity contribution in [3.63, 3.8) is 0 Å². The fraction of sp³-hybridized carbons (Fsp3) is 0.409. The van der Waals surface area contributed by atoms with Crippen molar-refractivity contribution >= 4 is 22.5 Å². The number of aromatic nitrogens is 3. The normalized spacial score (nSPS) is 19.0. The van der Waals surface area contributed by atoms with Gasteiger partial charge in [0, 0.05) is 18.2 Å². The van der Waals surface area contributed by atoms with E-state index in [0.29, 0.717) is 5.39 Å². The molecule has 0 bridgehead atoms. The number of hydrogen-bond donors (Lipinski definition) is 2. The number of benzene rings is 1. The van der Waals surface area contributed by atoms with Crippen molar-refractivity contribution in [2.45, 2.75) is 37.9 Å². The van der Waals surface area contributed by atoms with Crippen LogP contribution >= 0.6 is 0 Å². The number of nitrogens with zero attached hydrogens (tertiary/aromatic N) is 3. The largest absolute Gasteiger partial charge is 0.491 e. The van der Waals surface area contributed by atoms with Gasteiger partial charge in [0.2, 0.25) is 0 Å². The van der Waals surface area contributed by atoms with Gasteiger partial charge in [-0.2, -0.15) is 18.3 Å². The molecular weight excluding hydrogens is 444 g/mol. The minimum absolute atomic E-state index is 0.0461. The van der Waals surface area contributed by atoms with Crippen LogP contribution in [0.25, 0.3) is 10.9 Å². The Labute approximate surface area is 186 Å². The molecular formula is C22H22F4N4O3. The van der Waals surface area contributed by atoms with Gasteiger partial charge in [-0.3, -0.25) is 9.48 Å². The molecule has 2 aromatic heterocycles. The smallest absolute Gasteiger partial charge is 0.433 e. The molecule has 0 saturated heterocycles. The average molecular weight is 466 g/mol. The standard InChI is InChI=1S/C22H22F4N4O3/c1-33-20-16(28-21(32)15-3-2-4-17(27-15)22(24,25)26)9-13-10-30(29-19(13)18(20)23)14-7-5-12(11-31)6-8-14/h2-4,9-10,12,14,31H,5-8,11H2,1H3,(H,28,32)/t12-,14-. The zero-order valence-electron chi connectivity index (χ0n) is 17.7. The Morgan fingerprint density at radius 3 is 2.64 bits per heavy atom. The van der Waals surface area contributed by atoms with Crippen LogP contribution in [-0.4, -0.2) is 39.5 Å². The van der Waals surface area contributed by atoms with Crippen LogP contribution in [-0.2, 0) is 6.18 Å². The molecule has 2 N–H and O–H groups in total. The van der Waals surface area contributed by atoms with E-state index in [1.54, 1.807) is 10.9 Å². The Morgan fingerprint density at radius 2 is 2.00 bits per heavy atom. The van der Waals surface area contributed by atoms with E-state index in [0.717, 1.165) is 43.9 Å². The van der Waals surface area contributed by atoms with Crippen LogP contribution in [0, 0.1) is 11.7 Å². The Kier molecular flexibility index (Phi) is 6.24. The number of methoxy groups -OCH3 is 1. The second kappa shape index (κ2) is 8.97. The SMILES string of the molecule is COc1c(NC(=O)c2cccc(C(F)(F)F)n2)cc2cn([C@H]3CC[C@H](CO)CC3)nc2c1F. The molecule has 3 aromatic rings. The molecule has 2 heterocycles. The predicted molar refractivity (Wildman–Crippen MR) is 112 cm³/mol. The van der Waals surface area contributed by atoms with E-state index < -0.39 is 29.3 Å². The van der Waals surface area contributed by atoms with E-state index in [2.05, 4.69) is 15.4 Å². The Hall–Kier alpha value is -3.21. The summed E-state index contributed by atoms with van der Waals surface area (Å²) < 4.78 is 60.7. The van der Waals surface area contributed by atoms with Crippen LogP contribution in [0.1, 0.15) is 47.9 Å². The lowest BCUT2D eigenvalue weighted by Gasteiger charge is -2.27. The number of aliphatic hydroxyl groups is 1. The van der Waals surface area contributed by atoms with Crippen LogP contribution in [0.2, 0.25) is 0 Å². The minimum Gasteiger partial charge on any atom is -0.491 e. The average Bonchev–Trinajstić information content (AvgIpc) is 3.23. The van der Waals surface area contributed by atoms with E-state index in [1.807, 2.05) is 0 Å². The van der Waals surface area contributed by atoms with Gasteiger partial charge in [-0.1, -0.05) is 6.07 Å². The number of fused-ring (bicyclic) bond motifs is 1. The Bertz CT molecular complexity index is 1170. The molecule has 33 heavy (non-hydrogen) atoms. The molecule has 1 amide bonds. The topological polar surface area (TPSA) is 89.3 Å². The van der Waals surface area contributed by atoms with Crippen molar-refractivity contribution in [3.8, 4) is 5.75 Å². The van der Waals surface area contributed by atoms with Crippen molar-refractivity contribution in [2.24, 2.45) is 5.92 Å². The maximum Gasteiger partial charge on any atom is 0.433 e. The molecule has 4 rings (SSSR count). The highest BCUT2D eigenvalue weighted by Crippen LogP contribution is 2.37. The van der Waals surface area contributed by atoms with Gasteiger partial charge >= 0.3 is 6.18 Å². The third-order valence-electron chi connectivity index (χ3n) is 5.89. The quantitative estimate of drug-likeness (QED) is 0.538. The Morgan fingerprint density at radius 1 is 1.27 bits per heavy atom. The van der Waals surface area contributed by atoms with Crippen LogP contribution < -0.4 is 10.1 Å². The lowest BCUT2D eigenvalue weighted by molar-refractivity contribution is -0.141. The molecule has 7 nitrogen and oxygen atoms in total. The van der Waals surface area contributed by atoms with Gasteiger partial charge in [-0.05, 0) is 49.8 Å². The molecule has 176 valence electrons. The minimum atomic E-state index is -4.70. The monoisotopic (exact) mass is 466 g/mol. The van der Waals surface area contributed by atoms with Crippen molar-refractivity contribution in [3.05, 3.63) is 47.7 Å². The number of alkyl halides is 3. The second-order valence-corrected chi connectivity index (χ2v) is 8.04. The van der Waals surface area contributed by atoms with Crippen molar-refractivity contribution in [1.29, 1.82) is 0 Å². The first-order chi connectivity index (χ1) is 15.7. The summed E-state index contributed by atoms with van der Waals surface area (Å²) in [7, 11) is 1.22. The van der Waals surface area contributed by atoms with Crippen LogP contribution in [0.15, 0.2) is 30.5 Å². The second-order valence-electron chi connectivity index (χ2n) is 8.04. The summed E-state index contributed by atoms with van der Waals surface area (Å²) in [5.41, 5.74) is -1.66. The Balaban J connectivity index is 1.63. The van der Waals surface area contributed by atoms with Gasteiger partial charge in [0.05, 0.1) is 18.8 Å². The van der Waals surface area contributed by atoms with Gasteiger partial charge in [-0.25, -0.2) is 9.37 Å². The van der Waals surface area contributed by atoms with Crippen LogP contribution in [0.5, 0.6) is 5.75 Å². The molecule has 0 unspecified atom stereocenters. The number of pyridine rings is 1. The number of anilines is 1. The maximum atomic E-state index is 15.2. The number of halogens is 4. The van der Waals surface area contributed by atoms with Crippen LogP contribution in [0.3, 0.4) is 0 Å². The summed E-state index contributed by atoms with van der Waals surface area (Å²) in [4.78, 5) is 15.9. The lowest BCUT2D eigenvalue weighted by atomic mass is 9.87. The molecule has 0 spiro atoms. The zero-order chi connectivity index (χ0) is 23.8. The number of hydrogen-bond acceptors (Lipinski definition) is 5. The van der Waals surface area contributed by atoms with E-state index in [9.17, 15) is 23.1 Å². The molecule has 1 aromatic carbocycles. The first kappa shape index (κ1) is 23.0. The maximum absolute atomic E-state index is 15.2. The highest BCUT2D eigenvalue weighted by Gasteiger charge is 2.33. The first-order valence-corrected chi connectivity index (χ1v) is 10.4. The third kappa shape index (κ3) is 4.63. The summed E-state index contributed by atoms with van der Waals surface area (Å²) in [5, 5.41) is 16.5. The van der Waals surface area contributed by atoms with Crippen molar-refractivity contribution in [1.82, 2.24) is 14.8 Å². The number of aliphatic hydroxyl groups excluding tert-OH is 1. The highest BCUT2D eigenvalue weighted by molar-refractivity contribution is 6.05. The number of carbonyl (C=O) groups is 1. The molecule has 0 aliphatic heterocycles. The van der Waals surface area contributed by atoms with E-state index >= 15 is 4.39 Å². The summed E-state index contributed by atoms with van der Waals surface area (Å²) >= 11 is 0. The van der Waals surface area contributed by atoms with E-state index in [1.165, 1.54) is 13.2 Å². The molecule has 1 saturated carbocycles. The van der Waals surface area contributed by atoms with Gasteiger partial charge in [0.1, 0.15) is 16.9 Å². The van der Waals surface area contributed by atoms with E-state index in [-0.39, 0.29) is 35.5 Å². The summed E-state index contributed by atoms with van der Waals surface area (Å²) in [6.45, 7) is 0.142.